The minimum Gasteiger partial charge on any atom is -0.369 e. The van der Waals surface area contributed by atoms with Crippen molar-refractivity contribution >= 4 is 44.2 Å². The van der Waals surface area contributed by atoms with Gasteiger partial charge in [-0.3, -0.25) is 4.79 Å². The summed E-state index contributed by atoms with van der Waals surface area (Å²) >= 11 is 1.45. The highest BCUT2D eigenvalue weighted by Crippen LogP contribution is 2.34. The van der Waals surface area contributed by atoms with Gasteiger partial charge in [0.05, 0.1) is 10.3 Å². The second kappa shape index (κ2) is 8.44. The summed E-state index contributed by atoms with van der Waals surface area (Å²) in [7, 11) is 1.86. The average molecular weight is 422 g/mol. The van der Waals surface area contributed by atoms with Gasteiger partial charge >= 0.3 is 0 Å². The van der Waals surface area contributed by atoms with Crippen LogP contribution in [-0.2, 0) is 6.42 Å². The molecule has 2 N–H and O–H groups in total. The summed E-state index contributed by atoms with van der Waals surface area (Å²) in [5.74, 6) is 1.27. The lowest BCUT2D eigenvalue weighted by atomic mass is 10.1. The number of benzene rings is 1. The summed E-state index contributed by atoms with van der Waals surface area (Å²) in [5.41, 5.74) is 3.38. The SMILES string of the molecule is Cc1c(C(=O)N(C)CC(C)C)sc2ncnc(NCCc3c[nH]c4ccccc34)c12. The molecular weight excluding hydrogens is 394 g/mol. The molecule has 0 aliphatic rings. The van der Waals surface area contributed by atoms with Crippen LogP contribution in [0.2, 0.25) is 0 Å². The van der Waals surface area contributed by atoms with Gasteiger partial charge in [-0.15, -0.1) is 11.3 Å². The highest BCUT2D eigenvalue weighted by Gasteiger charge is 2.22. The first kappa shape index (κ1) is 20.3. The Hall–Kier alpha value is -2.93. The second-order valence-electron chi connectivity index (χ2n) is 8.07. The van der Waals surface area contributed by atoms with Crippen LogP contribution in [0.3, 0.4) is 0 Å². The number of hydrogen-bond acceptors (Lipinski definition) is 5. The first-order valence-corrected chi connectivity index (χ1v) is 11.1. The lowest BCUT2D eigenvalue weighted by Gasteiger charge is -2.18. The Morgan fingerprint density at radius 1 is 1.27 bits per heavy atom. The number of aryl methyl sites for hydroxylation is 1. The first-order valence-electron chi connectivity index (χ1n) is 10.2. The summed E-state index contributed by atoms with van der Waals surface area (Å²) in [6, 6.07) is 8.32. The number of nitrogens with one attached hydrogen (secondary N) is 2. The van der Waals surface area contributed by atoms with Crippen LogP contribution < -0.4 is 5.32 Å². The van der Waals surface area contributed by atoms with Crippen molar-refractivity contribution in [1.82, 2.24) is 19.9 Å². The molecule has 0 fully saturated rings. The van der Waals surface area contributed by atoms with Crippen LogP contribution in [0.5, 0.6) is 0 Å². The average Bonchev–Trinajstić information content (AvgIpc) is 3.29. The Kier molecular flexibility index (Phi) is 5.72. The number of rotatable bonds is 7. The molecule has 0 atom stereocenters. The fourth-order valence-electron chi connectivity index (χ4n) is 3.87. The number of carbonyl (C=O) groups excluding carboxylic acids is 1. The number of aromatic amines is 1. The second-order valence-corrected chi connectivity index (χ2v) is 9.07. The van der Waals surface area contributed by atoms with Gasteiger partial charge < -0.3 is 15.2 Å². The van der Waals surface area contributed by atoms with E-state index in [1.807, 2.05) is 20.0 Å². The number of para-hydroxylation sites is 1. The summed E-state index contributed by atoms with van der Waals surface area (Å²) < 4.78 is 0. The van der Waals surface area contributed by atoms with Crippen molar-refractivity contribution in [2.24, 2.45) is 5.92 Å². The van der Waals surface area contributed by atoms with E-state index in [1.165, 1.54) is 22.3 Å². The third-order valence-corrected chi connectivity index (χ3v) is 6.46. The van der Waals surface area contributed by atoms with E-state index in [0.717, 1.165) is 51.5 Å². The van der Waals surface area contributed by atoms with Gasteiger partial charge in [-0.05, 0) is 36.5 Å². The fraction of sp³-hybridized carbons (Fsp3) is 0.348. The van der Waals surface area contributed by atoms with Crippen molar-refractivity contribution in [3.8, 4) is 0 Å². The largest absolute Gasteiger partial charge is 0.369 e. The maximum atomic E-state index is 12.9. The topological polar surface area (TPSA) is 73.9 Å². The molecule has 1 aromatic carbocycles. The highest BCUT2D eigenvalue weighted by molar-refractivity contribution is 7.20. The normalized spacial score (nSPS) is 11.5. The molecule has 4 aromatic rings. The smallest absolute Gasteiger partial charge is 0.264 e. The molecule has 3 aromatic heterocycles. The molecule has 1 amide bonds. The van der Waals surface area contributed by atoms with Crippen LogP contribution in [0.4, 0.5) is 5.82 Å². The van der Waals surface area contributed by atoms with Gasteiger partial charge in [-0.25, -0.2) is 9.97 Å². The predicted molar refractivity (Wildman–Crippen MR) is 124 cm³/mol. The van der Waals surface area contributed by atoms with Crippen molar-refractivity contribution in [3.63, 3.8) is 0 Å². The molecule has 7 heteroatoms. The number of thiophene rings is 1. The molecule has 0 radical (unpaired) electrons. The molecule has 0 bridgehead atoms. The number of fused-ring (bicyclic) bond motifs is 2. The molecule has 6 nitrogen and oxygen atoms in total. The number of amides is 1. The molecule has 0 aliphatic heterocycles. The lowest BCUT2D eigenvalue weighted by Crippen LogP contribution is -2.30. The Morgan fingerprint density at radius 2 is 2.07 bits per heavy atom. The minimum atomic E-state index is 0.0499. The quantitative estimate of drug-likeness (QED) is 0.447. The number of aromatic nitrogens is 3. The van der Waals surface area contributed by atoms with Gasteiger partial charge in [0.2, 0.25) is 0 Å². The van der Waals surface area contributed by atoms with Gasteiger partial charge in [-0.2, -0.15) is 0 Å². The van der Waals surface area contributed by atoms with E-state index in [4.69, 9.17) is 0 Å². The number of nitrogens with zero attached hydrogens (tertiary/aromatic N) is 3. The van der Waals surface area contributed by atoms with E-state index in [9.17, 15) is 4.79 Å². The van der Waals surface area contributed by atoms with Crippen molar-refractivity contribution < 1.29 is 4.79 Å². The van der Waals surface area contributed by atoms with E-state index < -0.39 is 0 Å². The van der Waals surface area contributed by atoms with Crippen molar-refractivity contribution in [2.75, 3.05) is 25.5 Å². The Morgan fingerprint density at radius 3 is 2.87 bits per heavy atom. The monoisotopic (exact) mass is 421 g/mol. The maximum absolute atomic E-state index is 12.9. The van der Waals surface area contributed by atoms with E-state index in [0.29, 0.717) is 5.92 Å². The van der Waals surface area contributed by atoms with Crippen LogP contribution in [-0.4, -0.2) is 45.9 Å². The lowest BCUT2D eigenvalue weighted by molar-refractivity contribution is 0.0783. The minimum absolute atomic E-state index is 0.0499. The van der Waals surface area contributed by atoms with Gasteiger partial charge in [0, 0.05) is 37.2 Å². The fourth-order valence-corrected chi connectivity index (χ4v) is 5.01. The summed E-state index contributed by atoms with van der Waals surface area (Å²) in [5, 5.41) is 5.66. The van der Waals surface area contributed by atoms with Crippen molar-refractivity contribution in [1.29, 1.82) is 0 Å². The van der Waals surface area contributed by atoms with Gasteiger partial charge in [0.15, 0.2) is 0 Å². The van der Waals surface area contributed by atoms with Crippen LogP contribution >= 0.6 is 11.3 Å². The summed E-state index contributed by atoms with van der Waals surface area (Å²) in [4.78, 5) is 28.5. The van der Waals surface area contributed by atoms with Gasteiger partial charge in [0.1, 0.15) is 17.0 Å². The molecule has 0 spiro atoms. The van der Waals surface area contributed by atoms with Crippen molar-refractivity contribution in [3.05, 3.63) is 52.8 Å². The molecule has 0 saturated carbocycles. The number of carbonyl (C=O) groups is 1. The predicted octanol–water partition coefficient (Wildman–Crippen LogP) is 4.86. The Labute approximate surface area is 180 Å². The van der Waals surface area contributed by atoms with Crippen LogP contribution in [0.1, 0.15) is 34.6 Å². The van der Waals surface area contributed by atoms with Gasteiger partial charge in [-0.1, -0.05) is 32.0 Å². The zero-order chi connectivity index (χ0) is 21.3. The Balaban J connectivity index is 1.54. The molecule has 0 saturated heterocycles. The maximum Gasteiger partial charge on any atom is 0.264 e. The zero-order valence-corrected chi connectivity index (χ0v) is 18.6. The molecule has 30 heavy (non-hydrogen) atoms. The molecular formula is C23H27N5OS. The third kappa shape index (κ3) is 3.89. The summed E-state index contributed by atoms with van der Waals surface area (Å²) in [6.07, 6.45) is 4.51. The number of hydrogen-bond donors (Lipinski definition) is 2. The number of H-pyrrole nitrogens is 1. The van der Waals surface area contributed by atoms with Crippen molar-refractivity contribution in [2.45, 2.75) is 27.2 Å². The zero-order valence-electron chi connectivity index (χ0n) is 17.8. The van der Waals surface area contributed by atoms with E-state index in [2.05, 4.69) is 58.5 Å². The Bertz CT molecular complexity index is 1190. The highest BCUT2D eigenvalue weighted by atomic mass is 32.1. The van der Waals surface area contributed by atoms with E-state index in [1.54, 1.807) is 11.2 Å². The molecule has 0 aliphatic carbocycles. The van der Waals surface area contributed by atoms with Crippen LogP contribution in [0.15, 0.2) is 36.8 Å². The van der Waals surface area contributed by atoms with Crippen LogP contribution in [0.25, 0.3) is 21.1 Å². The molecule has 0 unspecified atom stereocenters. The van der Waals surface area contributed by atoms with E-state index in [-0.39, 0.29) is 5.91 Å². The third-order valence-electron chi connectivity index (χ3n) is 5.27. The summed E-state index contributed by atoms with van der Waals surface area (Å²) in [6.45, 7) is 7.70. The molecule has 156 valence electrons. The standard InChI is InChI=1S/C23H27N5OS/c1-14(2)12-28(4)23(29)20-15(3)19-21(26-13-27-22(19)30-20)24-10-9-16-11-25-18-8-6-5-7-17(16)18/h5-8,11,13-14,25H,9-10,12H2,1-4H3,(H,24,26,27). The van der Waals surface area contributed by atoms with E-state index >= 15 is 0 Å². The first-order chi connectivity index (χ1) is 14.5. The van der Waals surface area contributed by atoms with Gasteiger partial charge in [0.25, 0.3) is 5.91 Å². The number of anilines is 1. The van der Waals surface area contributed by atoms with Crippen LogP contribution in [0, 0.1) is 12.8 Å². The molecule has 4 rings (SSSR count). The molecule has 3 heterocycles.